The molecule has 0 unspecified atom stereocenters. The second-order valence-corrected chi connectivity index (χ2v) is 5.36. The summed E-state index contributed by atoms with van der Waals surface area (Å²) in [5, 5.41) is 5.76. The zero-order chi connectivity index (χ0) is 17.6. The molecule has 0 aliphatic rings. The first-order valence-electron chi connectivity index (χ1n) is 7.65. The molecular weight excluding hydrogens is 321 g/mol. The maximum Gasteiger partial charge on any atom is 0.270 e. The van der Waals surface area contributed by atoms with Gasteiger partial charge in [-0.15, -0.1) is 0 Å². The normalized spacial score (nSPS) is 10.3. The summed E-state index contributed by atoms with van der Waals surface area (Å²) in [5.74, 6) is 0.180. The lowest BCUT2D eigenvalue weighted by Gasteiger charge is -2.09. The minimum atomic E-state index is -0.356. The molecule has 0 aliphatic heterocycles. The van der Waals surface area contributed by atoms with Crippen LogP contribution in [0, 0.1) is 12.7 Å². The Balaban J connectivity index is 1.73. The first-order valence-corrected chi connectivity index (χ1v) is 7.65. The molecule has 1 aromatic carbocycles. The maximum atomic E-state index is 13.3. The van der Waals surface area contributed by atoms with Crippen LogP contribution in [-0.2, 0) is 6.54 Å². The number of hydrogen-bond acceptors (Lipinski definition) is 5. The van der Waals surface area contributed by atoms with Crippen LogP contribution in [0.4, 0.5) is 15.9 Å². The van der Waals surface area contributed by atoms with Gasteiger partial charge in [-0.2, -0.15) is 0 Å². The summed E-state index contributed by atoms with van der Waals surface area (Å²) >= 11 is 0. The van der Waals surface area contributed by atoms with Crippen molar-refractivity contribution in [3.8, 4) is 0 Å². The van der Waals surface area contributed by atoms with Crippen molar-refractivity contribution < 1.29 is 9.18 Å². The fraction of sp³-hybridized carbons (Fsp3) is 0.111. The number of nitrogens with zero attached hydrogens (tertiary/aromatic N) is 3. The molecule has 6 nitrogen and oxygen atoms in total. The Morgan fingerprint density at radius 1 is 1.16 bits per heavy atom. The molecule has 0 atom stereocenters. The quantitative estimate of drug-likeness (QED) is 0.748. The molecular formula is C18H16FN5O. The largest absolute Gasteiger partial charge is 0.347 e. The van der Waals surface area contributed by atoms with Crippen LogP contribution in [0.25, 0.3) is 0 Å². The molecule has 7 heteroatoms. The summed E-state index contributed by atoms with van der Waals surface area (Å²) in [5.41, 5.74) is 1.66. The van der Waals surface area contributed by atoms with Gasteiger partial charge in [0.1, 0.15) is 23.2 Å². The maximum absolute atomic E-state index is 13.3. The van der Waals surface area contributed by atoms with E-state index in [2.05, 4.69) is 25.6 Å². The number of carbonyl (C=O) groups excluding carboxylic acids is 1. The second-order valence-electron chi connectivity index (χ2n) is 5.36. The number of aryl methyl sites for hydroxylation is 1. The van der Waals surface area contributed by atoms with Gasteiger partial charge in [0.15, 0.2) is 0 Å². The second kappa shape index (κ2) is 7.48. The van der Waals surface area contributed by atoms with Crippen LogP contribution in [0.15, 0.2) is 54.9 Å². The van der Waals surface area contributed by atoms with Crippen LogP contribution in [0.2, 0.25) is 0 Å². The number of halogens is 1. The average molecular weight is 337 g/mol. The van der Waals surface area contributed by atoms with Gasteiger partial charge in [-0.25, -0.2) is 14.4 Å². The summed E-state index contributed by atoms with van der Waals surface area (Å²) in [6, 6.07) is 11.2. The van der Waals surface area contributed by atoms with Crippen LogP contribution in [0.1, 0.15) is 21.9 Å². The van der Waals surface area contributed by atoms with Gasteiger partial charge in [-0.05, 0) is 36.8 Å². The highest BCUT2D eigenvalue weighted by atomic mass is 19.1. The zero-order valence-electron chi connectivity index (χ0n) is 13.5. The Morgan fingerprint density at radius 2 is 2.04 bits per heavy atom. The molecule has 0 fully saturated rings. The molecule has 1 amide bonds. The van der Waals surface area contributed by atoms with Gasteiger partial charge in [0.25, 0.3) is 5.91 Å². The average Bonchev–Trinajstić information content (AvgIpc) is 2.60. The Labute approximate surface area is 144 Å². The van der Waals surface area contributed by atoms with Gasteiger partial charge in [0, 0.05) is 30.7 Å². The molecule has 0 bridgehead atoms. The molecule has 3 rings (SSSR count). The van der Waals surface area contributed by atoms with Crippen molar-refractivity contribution in [3.63, 3.8) is 0 Å². The van der Waals surface area contributed by atoms with E-state index in [9.17, 15) is 9.18 Å². The van der Waals surface area contributed by atoms with Crippen molar-refractivity contribution >= 4 is 17.4 Å². The lowest BCUT2D eigenvalue weighted by molar-refractivity contribution is 0.0945. The van der Waals surface area contributed by atoms with Crippen LogP contribution in [-0.4, -0.2) is 20.9 Å². The van der Waals surface area contributed by atoms with Crippen LogP contribution in [0.3, 0.4) is 0 Å². The Morgan fingerprint density at radius 3 is 2.80 bits per heavy atom. The molecule has 2 heterocycles. The topological polar surface area (TPSA) is 79.8 Å². The smallest absolute Gasteiger partial charge is 0.270 e. The Bertz CT molecular complexity index is 886. The molecule has 2 aromatic heterocycles. The third-order valence-corrected chi connectivity index (χ3v) is 3.34. The fourth-order valence-electron chi connectivity index (χ4n) is 2.24. The number of amides is 1. The highest BCUT2D eigenvalue weighted by Crippen LogP contribution is 2.16. The van der Waals surface area contributed by atoms with E-state index < -0.39 is 0 Å². The standard InChI is InChI=1S/C18H16FN5O/c1-12-22-16(18(25)21-11-13-4-3-7-20-10-13)9-17(23-12)24-15-6-2-5-14(19)8-15/h2-10H,11H2,1H3,(H,21,25)(H,22,23,24). The third kappa shape index (κ3) is 4.57. The Hall–Kier alpha value is -3.35. The van der Waals surface area contributed by atoms with Crippen LogP contribution < -0.4 is 10.6 Å². The first-order chi connectivity index (χ1) is 12.1. The van der Waals surface area contributed by atoms with Crippen molar-refractivity contribution in [2.75, 3.05) is 5.32 Å². The van der Waals surface area contributed by atoms with Gasteiger partial charge >= 0.3 is 0 Å². The highest BCUT2D eigenvalue weighted by Gasteiger charge is 2.11. The highest BCUT2D eigenvalue weighted by molar-refractivity contribution is 5.93. The summed E-state index contributed by atoms with van der Waals surface area (Å²) < 4.78 is 13.3. The summed E-state index contributed by atoms with van der Waals surface area (Å²) in [4.78, 5) is 24.7. The predicted molar refractivity (Wildman–Crippen MR) is 91.9 cm³/mol. The van der Waals surface area contributed by atoms with Crippen molar-refractivity contribution in [2.45, 2.75) is 13.5 Å². The van der Waals surface area contributed by atoms with Crippen molar-refractivity contribution in [2.24, 2.45) is 0 Å². The van der Waals surface area contributed by atoms with E-state index in [1.54, 1.807) is 37.5 Å². The van der Waals surface area contributed by atoms with Gasteiger partial charge in [-0.1, -0.05) is 12.1 Å². The van der Waals surface area contributed by atoms with E-state index in [0.29, 0.717) is 23.9 Å². The molecule has 3 aromatic rings. The van der Waals surface area contributed by atoms with E-state index in [0.717, 1.165) is 5.56 Å². The minimum Gasteiger partial charge on any atom is -0.347 e. The van der Waals surface area contributed by atoms with E-state index in [4.69, 9.17) is 0 Å². The number of nitrogens with one attached hydrogen (secondary N) is 2. The Kier molecular flexibility index (Phi) is 4.94. The monoisotopic (exact) mass is 337 g/mol. The molecule has 2 N–H and O–H groups in total. The number of carbonyl (C=O) groups is 1. The van der Waals surface area contributed by atoms with E-state index in [1.807, 2.05) is 6.07 Å². The van der Waals surface area contributed by atoms with Gasteiger partial charge in [-0.3, -0.25) is 9.78 Å². The number of pyridine rings is 1. The molecule has 0 saturated carbocycles. The number of anilines is 2. The van der Waals surface area contributed by atoms with E-state index >= 15 is 0 Å². The van der Waals surface area contributed by atoms with Crippen molar-refractivity contribution in [1.82, 2.24) is 20.3 Å². The molecule has 0 aliphatic carbocycles. The van der Waals surface area contributed by atoms with Gasteiger partial charge in [0.05, 0.1) is 0 Å². The minimum absolute atomic E-state index is 0.232. The van der Waals surface area contributed by atoms with E-state index in [1.165, 1.54) is 18.2 Å². The number of benzene rings is 1. The molecule has 0 saturated heterocycles. The molecule has 126 valence electrons. The lowest BCUT2D eigenvalue weighted by atomic mass is 10.2. The molecule has 0 spiro atoms. The molecule has 0 radical (unpaired) electrons. The third-order valence-electron chi connectivity index (χ3n) is 3.34. The SMILES string of the molecule is Cc1nc(Nc2cccc(F)c2)cc(C(=O)NCc2cccnc2)n1. The van der Waals surface area contributed by atoms with Gasteiger partial charge < -0.3 is 10.6 Å². The first kappa shape index (κ1) is 16.5. The van der Waals surface area contributed by atoms with Crippen LogP contribution in [0.5, 0.6) is 0 Å². The van der Waals surface area contributed by atoms with Gasteiger partial charge in [0.2, 0.25) is 0 Å². The summed E-state index contributed by atoms with van der Waals surface area (Å²) in [6.45, 7) is 2.04. The van der Waals surface area contributed by atoms with Crippen LogP contribution >= 0.6 is 0 Å². The number of rotatable bonds is 5. The predicted octanol–water partition coefficient (Wildman–Crippen LogP) is 2.99. The number of aromatic nitrogens is 3. The molecule has 25 heavy (non-hydrogen) atoms. The number of hydrogen-bond donors (Lipinski definition) is 2. The summed E-state index contributed by atoms with van der Waals surface area (Å²) in [7, 11) is 0. The van der Waals surface area contributed by atoms with E-state index in [-0.39, 0.29) is 17.4 Å². The van der Waals surface area contributed by atoms with Crippen molar-refractivity contribution in [1.29, 1.82) is 0 Å². The summed E-state index contributed by atoms with van der Waals surface area (Å²) in [6.07, 6.45) is 3.35. The lowest BCUT2D eigenvalue weighted by Crippen LogP contribution is -2.24. The fourth-order valence-corrected chi connectivity index (χ4v) is 2.24. The zero-order valence-corrected chi connectivity index (χ0v) is 13.5. The van der Waals surface area contributed by atoms with Crippen molar-refractivity contribution in [3.05, 3.63) is 77.8 Å².